The molecule has 2 aliphatic heterocycles. The van der Waals surface area contributed by atoms with Gasteiger partial charge in [-0.15, -0.1) is 0 Å². The van der Waals surface area contributed by atoms with Gasteiger partial charge in [-0.2, -0.15) is 4.72 Å². The van der Waals surface area contributed by atoms with Gasteiger partial charge in [0.2, 0.25) is 15.9 Å². The molecule has 10 nitrogen and oxygen atoms in total. The fourth-order valence-corrected chi connectivity index (χ4v) is 5.45. The summed E-state index contributed by atoms with van der Waals surface area (Å²) >= 11 is 0. The second kappa shape index (κ2) is 12.1. The summed E-state index contributed by atoms with van der Waals surface area (Å²) in [5.74, 6) is -2.23. The molecule has 0 radical (unpaired) electrons. The lowest BCUT2D eigenvalue weighted by molar-refractivity contribution is -0.140. The van der Waals surface area contributed by atoms with Gasteiger partial charge in [-0.25, -0.2) is 8.42 Å². The second-order valence-electron chi connectivity index (χ2n) is 8.51. The zero-order valence-corrected chi connectivity index (χ0v) is 19.6. The summed E-state index contributed by atoms with van der Waals surface area (Å²) in [6.45, 7) is 4.50. The van der Waals surface area contributed by atoms with E-state index in [2.05, 4.69) is 10.0 Å². The molecule has 1 unspecified atom stereocenters. The molecule has 1 amide bonds. The molecule has 0 aromatic heterocycles. The van der Waals surface area contributed by atoms with E-state index >= 15 is 0 Å². The van der Waals surface area contributed by atoms with Crippen molar-refractivity contribution < 1.29 is 33.0 Å². The zero-order valence-electron chi connectivity index (χ0n) is 18.8. The summed E-state index contributed by atoms with van der Waals surface area (Å²) in [5, 5.41) is 20.2. The Hall–Kier alpha value is -2.50. The summed E-state index contributed by atoms with van der Waals surface area (Å²) in [5.41, 5.74) is 0.330. The molecule has 1 aromatic carbocycles. The number of amides is 1. The highest BCUT2D eigenvalue weighted by Crippen LogP contribution is 2.39. The molecule has 184 valence electrons. The Labute approximate surface area is 194 Å². The van der Waals surface area contributed by atoms with Crippen LogP contribution in [0.3, 0.4) is 0 Å². The zero-order chi connectivity index (χ0) is 24.5. The van der Waals surface area contributed by atoms with Crippen LogP contribution >= 0.6 is 0 Å². The Morgan fingerprint density at radius 2 is 1.61 bits per heavy atom. The molecular formula is C22H33N3O7S. The van der Waals surface area contributed by atoms with Crippen LogP contribution in [0.4, 0.5) is 0 Å². The number of carbonyl (C=O) groups is 3. The number of hydrogen-bond donors (Lipinski definition) is 4. The first kappa shape index (κ1) is 26.7. The molecule has 1 atom stereocenters. The van der Waals surface area contributed by atoms with Crippen LogP contribution in [0.1, 0.15) is 45.4 Å². The van der Waals surface area contributed by atoms with Gasteiger partial charge in [0, 0.05) is 26.4 Å². The maximum atomic E-state index is 12.6. The number of carbonyl (C=O) groups excluding carboxylic acids is 1. The van der Waals surface area contributed by atoms with Gasteiger partial charge >= 0.3 is 5.97 Å². The van der Waals surface area contributed by atoms with E-state index in [1.165, 1.54) is 12.1 Å². The number of piperidine rings is 2. The first-order valence-electron chi connectivity index (χ1n) is 11.0. The van der Waals surface area contributed by atoms with E-state index in [4.69, 9.17) is 9.90 Å². The molecule has 3 rings (SSSR count). The molecule has 2 aliphatic rings. The molecule has 2 saturated heterocycles. The summed E-state index contributed by atoms with van der Waals surface area (Å²) in [6.07, 6.45) is 4.15. The number of hydrogen-bond acceptors (Lipinski definition) is 6. The van der Waals surface area contributed by atoms with Gasteiger partial charge in [0.1, 0.15) is 6.04 Å². The lowest BCUT2D eigenvalue weighted by Crippen LogP contribution is -2.47. The van der Waals surface area contributed by atoms with Crippen LogP contribution in [0, 0.1) is 5.41 Å². The van der Waals surface area contributed by atoms with Gasteiger partial charge < -0.3 is 20.4 Å². The van der Waals surface area contributed by atoms with Crippen molar-refractivity contribution in [1.29, 1.82) is 0 Å². The minimum atomic E-state index is -3.96. The smallest absolute Gasteiger partial charge is 0.321 e. The topological polar surface area (TPSA) is 153 Å². The van der Waals surface area contributed by atoms with E-state index in [-0.39, 0.29) is 23.6 Å². The second-order valence-corrected chi connectivity index (χ2v) is 10.2. The SMILES string of the molecule is CC(=O)O.O=C(O)C(CCC(=O)N1CCC2(CCNCC2)CC1)NS(=O)(=O)c1ccccc1. The summed E-state index contributed by atoms with van der Waals surface area (Å²) in [4.78, 5) is 34.9. The monoisotopic (exact) mass is 483 g/mol. The van der Waals surface area contributed by atoms with Crippen LogP contribution in [0.25, 0.3) is 0 Å². The molecule has 0 bridgehead atoms. The Kier molecular flexibility index (Phi) is 9.81. The van der Waals surface area contributed by atoms with Crippen LogP contribution in [-0.2, 0) is 24.4 Å². The number of nitrogens with one attached hydrogen (secondary N) is 2. The number of likely N-dealkylation sites (tertiary alicyclic amines) is 1. The third-order valence-corrected chi connectivity index (χ3v) is 7.62. The molecule has 33 heavy (non-hydrogen) atoms. The summed E-state index contributed by atoms with van der Waals surface area (Å²) in [7, 11) is -3.96. The van der Waals surface area contributed by atoms with Crippen molar-refractivity contribution in [2.75, 3.05) is 26.2 Å². The van der Waals surface area contributed by atoms with Crippen molar-refractivity contribution in [2.24, 2.45) is 5.41 Å². The molecule has 0 aliphatic carbocycles. The van der Waals surface area contributed by atoms with E-state index in [0.29, 0.717) is 18.5 Å². The normalized spacial score (nSPS) is 18.6. The van der Waals surface area contributed by atoms with Crippen molar-refractivity contribution in [1.82, 2.24) is 14.9 Å². The fraction of sp³-hybridized carbons (Fsp3) is 0.591. The largest absolute Gasteiger partial charge is 0.481 e. The van der Waals surface area contributed by atoms with Crippen LogP contribution < -0.4 is 10.0 Å². The Morgan fingerprint density at radius 3 is 2.12 bits per heavy atom. The molecular weight excluding hydrogens is 450 g/mol. The molecule has 0 saturated carbocycles. The van der Waals surface area contributed by atoms with Crippen molar-refractivity contribution in [3.63, 3.8) is 0 Å². The van der Waals surface area contributed by atoms with Gasteiger partial charge in [0.15, 0.2) is 0 Å². The van der Waals surface area contributed by atoms with Gasteiger partial charge in [0.05, 0.1) is 4.90 Å². The van der Waals surface area contributed by atoms with E-state index in [1.807, 2.05) is 0 Å². The van der Waals surface area contributed by atoms with Crippen LogP contribution in [0.2, 0.25) is 0 Å². The van der Waals surface area contributed by atoms with Crippen molar-refractivity contribution in [3.05, 3.63) is 30.3 Å². The Balaban J connectivity index is 0.000000890. The molecule has 2 heterocycles. The van der Waals surface area contributed by atoms with E-state index in [9.17, 15) is 23.1 Å². The lowest BCUT2D eigenvalue weighted by Gasteiger charge is -2.44. The van der Waals surface area contributed by atoms with Gasteiger partial charge in [0.25, 0.3) is 5.97 Å². The maximum absolute atomic E-state index is 12.6. The number of sulfonamides is 1. The number of benzene rings is 1. The maximum Gasteiger partial charge on any atom is 0.321 e. The van der Waals surface area contributed by atoms with Gasteiger partial charge in [-0.1, -0.05) is 18.2 Å². The predicted molar refractivity (Wildman–Crippen MR) is 121 cm³/mol. The average Bonchev–Trinajstić information content (AvgIpc) is 2.77. The first-order chi connectivity index (χ1) is 15.5. The highest BCUT2D eigenvalue weighted by Gasteiger charge is 2.37. The third kappa shape index (κ3) is 8.41. The van der Waals surface area contributed by atoms with Crippen LogP contribution in [0.15, 0.2) is 35.2 Å². The Morgan fingerprint density at radius 1 is 1.06 bits per heavy atom. The van der Waals surface area contributed by atoms with E-state index in [1.54, 1.807) is 23.1 Å². The van der Waals surface area contributed by atoms with Gasteiger partial charge in [-0.3, -0.25) is 14.4 Å². The fourth-order valence-electron chi connectivity index (χ4n) is 4.20. The highest BCUT2D eigenvalue weighted by molar-refractivity contribution is 7.89. The minimum absolute atomic E-state index is 0.000812. The standard InChI is InChI=1S/C20H29N3O5S.C2H4O2/c24-18(23-14-10-20(11-15-23)8-12-21-13-9-20)7-6-17(19(25)26)22-29(27,28)16-4-2-1-3-5-16;1-2(3)4/h1-5,17,21-22H,6-15H2,(H,25,26);1H3,(H,3,4). The minimum Gasteiger partial charge on any atom is -0.481 e. The highest BCUT2D eigenvalue weighted by atomic mass is 32.2. The molecule has 1 spiro atoms. The van der Waals surface area contributed by atoms with Crippen molar-refractivity contribution >= 4 is 27.9 Å². The van der Waals surface area contributed by atoms with Crippen LogP contribution in [-0.4, -0.2) is 73.6 Å². The molecule has 1 aromatic rings. The number of nitrogens with zero attached hydrogens (tertiary/aromatic N) is 1. The van der Waals surface area contributed by atoms with Gasteiger partial charge in [-0.05, 0) is 62.7 Å². The first-order valence-corrected chi connectivity index (χ1v) is 12.5. The molecule has 2 fully saturated rings. The third-order valence-electron chi connectivity index (χ3n) is 6.14. The lowest BCUT2D eigenvalue weighted by atomic mass is 9.71. The number of carboxylic acids is 2. The molecule has 11 heteroatoms. The number of aliphatic carboxylic acids is 2. The van der Waals surface area contributed by atoms with Crippen LogP contribution in [0.5, 0.6) is 0 Å². The number of rotatable bonds is 7. The van der Waals surface area contributed by atoms with E-state index < -0.39 is 28.0 Å². The summed E-state index contributed by atoms with van der Waals surface area (Å²) in [6, 6.07) is 6.27. The predicted octanol–water partition coefficient (Wildman–Crippen LogP) is 1.28. The quantitative estimate of drug-likeness (QED) is 0.452. The average molecular weight is 484 g/mol. The Bertz CT molecular complexity index is 901. The van der Waals surface area contributed by atoms with E-state index in [0.717, 1.165) is 45.7 Å². The molecule has 4 N–H and O–H groups in total. The van der Waals surface area contributed by atoms with Crippen molar-refractivity contribution in [2.45, 2.75) is 56.4 Å². The van der Waals surface area contributed by atoms with Crippen molar-refractivity contribution in [3.8, 4) is 0 Å². The number of carboxylic acid groups (broad SMARTS) is 2. The summed E-state index contributed by atoms with van der Waals surface area (Å²) < 4.78 is 27.0.